The monoisotopic (exact) mass is 471 g/mol. The van der Waals surface area contributed by atoms with Crippen molar-refractivity contribution in [2.24, 2.45) is 0 Å². The highest BCUT2D eigenvalue weighted by Gasteiger charge is 2.33. The van der Waals surface area contributed by atoms with Crippen LogP contribution in [0.1, 0.15) is 11.1 Å². The molecule has 0 unspecified atom stereocenters. The van der Waals surface area contributed by atoms with Crippen molar-refractivity contribution in [2.45, 2.75) is 6.61 Å². The zero-order chi connectivity index (χ0) is 21.1. The third-order valence-corrected chi connectivity index (χ3v) is 6.31. The molecule has 4 rings (SSSR count). The van der Waals surface area contributed by atoms with Crippen LogP contribution in [-0.4, -0.2) is 10.2 Å². The van der Waals surface area contributed by atoms with Crippen molar-refractivity contribution in [1.82, 2.24) is 0 Å². The van der Waals surface area contributed by atoms with Gasteiger partial charge in [-0.05, 0) is 36.4 Å². The molecular formula is C23H15Cl2NO2S2. The lowest BCUT2D eigenvalue weighted by atomic mass is 10.1. The summed E-state index contributed by atoms with van der Waals surface area (Å²) < 4.78 is 6.45. The van der Waals surface area contributed by atoms with Gasteiger partial charge in [-0.3, -0.25) is 9.69 Å². The molecular weight excluding hydrogens is 457 g/mol. The smallest absolute Gasteiger partial charge is 0.270 e. The van der Waals surface area contributed by atoms with Crippen molar-refractivity contribution in [1.29, 1.82) is 0 Å². The zero-order valence-electron chi connectivity index (χ0n) is 15.5. The fraction of sp³-hybridized carbons (Fsp3) is 0.0435. The maximum absolute atomic E-state index is 13.0. The quantitative estimate of drug-likeness (QED) is 0.296. The number of nitrogens with zero attached hydrogens (tertiary/aromatic N) is 1. The number of hydrogen-bond donors (Lipinski definition) is 0. The first-order chi connectivity index (χ1) is 14.5. The van der Waals surface area contributed by atoms with Crippen molar-refractivity contribution < 1.29 is 9.53 Å². The minimum Gasteiger partial charge on any atom is -0.488 e. The molecule has 30 heavy (non-hydrogen) atoms. The molecule has 150 valence electrons. The predicted octanol–water partition coefficient (Wildman–Crippen LogP) is 6.98. The Labute approximate surface area is 194 Å². The highest BCUT2D eigenvalue weighted by molar-refractivity contribution is 8.27. The van der Waals surface area contributed by atoms with Gasteiger partial charge in [0.1, 0.15) is 12.4 Å². The van der Waals surface area contributed by atoms with E-state index in [1.54, 1.807) is 30.3 Å². The largest absolute Gasteiger partial charge is 0.488 e. The van der Waals surface area contributed by atoms with Gasteiger partial charge in [-0.2, -0.15) is 0 Å². The van der Waals surface area contributed by atoms with E-state index in [2.05, 4.69) is 0 Å². The van der Waals surface area contributed by atoms with Crippen LogP contribution in [0.2, 0.25) is 10.0 Å². The summed E-state index contributed by atoms with van der Waals surface area (Å²) in [5.41, 5.74) is 2.33. The van der Waals surface area contributed by atoms with Crippen molar-refractivity contribution in [3.05, 3.63) is 98.9 Å². The molecule has 0 bridgehead atoms. The summed E-state index contributed by atoms with van der Waals surface area (Å²) in [4.78, 5) is 15.0. The SMILES string of the molecule is O=C1/C(=C/c2ccccc2OCc2ccccc2Cl)SC(=S)N1c1cccc(Cl)c1. The number of benzene rings is 3. The van der Waals surface area contributed by atoms with Crippen LogP contribution in [0.5, 0.6) is 5.75 Å². The van der Waals surface area contributed by atoms with Crippen LogP contribution < -0.4 is 9.64 Å². The maximum atomic E-state index is 13.0. The van der Waals surface area contributed by atoms with Crippen molar-refractivity contribution in [2.75, 3.05) is 4.90 Å². The van der Waals surface area contributed by atoms with E-state index < -0.39 is 0 Å². The van der Waals surface area contributed by atoms with Gasteiger partial charge < -0.3 is 4.74 Å². The minimum absolute atomic E-state index is 0.187. The van der Waals surface area contributed by atoms with Gasteiger partial charge in [-0.25, -0.2) is 0 Å². The Kier molecular flexibility index (Phi) is 6.44. The molecule has 1 aliphatic rings. The van der Waals surface area contributed by atoms with Crippen LogP contribution in [0.3, 0.4) is 0 Å². The Bertz CT molecular complexity index is 1160. The van der Waals surface area contributed by atoms with Gasteiger partial charge >= 0.3 is 0 Å². The first-order valence-electron chi connectivity index (χ1n) is 9.02. The molecule has 0 aromatic heterocycles. The van der Waals surface area contributed by atoms with Gasteiger partial charge in [0.05, 0.1) is 10.6 Å². The van der Waals surface area contributed by atoms with E-state index in [4.69, 9.17) is 40.2 Å². The zero-order valence-corrected chi connectivity index (χ0v) is 18.7. The molecule has 7 heteroatoms. The van der Waals surface area contributed by atoms with E-state index in [1.165, 1.54) is 16.7 Å². The molecule has 3 aromatic rings. The number of thiocarbonyl (C=S) groups is 1. The number of para-hydroxylation sites is 1. The molecule has 1 heterocycles. The summed E-state index contributed by atoms with van der Waals surface area (Å²) in [6, 6.07) is 22.1. The number of rotatable bonds is 5. The number of carbonyl (C=O) groups excluding carboxylic acids is 1. The van der Waals surface area contributed by atoms with Gasteiger partial charge in [-0.15, -0.1) is 0 Å². The molecule has 0 N–H and O–H groups in total. The molecule has 3 nitrogen and oxygen atoms in total. The van der Waals surface area contributed by atoms with Crippen LogP contribution in [-0.2, 0) is 11.4 Å². The van der Waals surface area contributed by atoms with Crippen LogP contribution in [0.15, 0.2) is 77.7 Å². The molecule has 1 saturated heterocycles. The van der Waals surface area contributed by atoms with Crippen molar-refractivity contribution >= 4 is 69.2 Å². The van der Waals surface area contributed by atoms with E-state index in [0.29, 0.717) is 37.3 Å². The lowest BCUT2D eigenvalue weighted by Gasteiger charge is -2.14. The highest BCUT2D eigenvalue weighted by atomic mass is 35.5. The summed E-state index contributed by atoms with van der Waals surface area (Å²) in [5, 5.41) is 1.20. The second-order valence-electron chi connectivity index (χ2n) is 6.41. The third-order valence-electron chi connectivity index (χ3n) is 4.41. The number of thioether (sulfide) groups is 1. The number of halogens is 2. The normalized spacial score (nSPS) is 15.1. The Morgan fingerprint density at radius 3 is 2.57 bits per heavy atom. The fourth-order valence-electron chi connectivity index (χ4n) is 2.95. The van der Waals surface area contributed by atoms with E-state index in [1.807, 2.05) is 48.5 Å². The number of ether oxygens (including phenoxy) is 1. The molecule has 1 amide bonds. The summed E-state index contributed by atoms with van der Waals surface area (Å²) in [7, 11) is 0. The van der Waals surface area contributed by atoms with Gasteiger partial charge in [0.15, 0.2) is 4.32 Å². The summed E-state index contributed by atoms with van der Waals surface area (Å²) >= 11 is 19.0. The van der Waals surface area contributed by atoms with Crippen molar-refractivity contribution in [3.8, 4) is 5.75 Å². The van der Waals surface area contributed by atoms with Crippen LogP contribution in [0.25, 0.3) is 6.08 Å². The Morgan fingerprint density at radius 2 is 1.77 bits per heavy atom. The van der Waals surface area contributed by atoms with Gasteiger partial charge in [0.25, 0.3) is 5.91 Å². The first-order valence-corrected chi connectivity index (χ1v) is 11.0. The molecule has 1 fully saturated rings. The average molecular weight is 472 g/mol. The lowest BCUT2D eigenvalue weighted by Crippen LogP contribution is -2.27. The van der Waals surface area contributed by atoms with E-state index in [0.717, 1.165) is 11.1 Å². The standard InChI is InChI=1S/C23H15Cl2NO2S2/c24-17-8-5-9-18(13-17)26-22(27)21(30-23(26)29)12-15-6-2-4-11-20(15)28-14-16-7-1-3-10-19(16)25/h1-13H,14H2/b21-12-. The molecule has 0 saturated carbocycles. The summed E-state index contributed by atoms with van der Waals surface area (Å²) in [6.07, 6.45) is 1.80. The number of hydrogen-bond acceptors (Lipinski definition) is 4. The Morgan fingerprint density at radius 1 is 1.00 bits per heavy atom. The lowest BCUT2D eigenvalue weighted by molar-refractivity contribution is -0.113. The predicted molar refractivity (Wildman–Crippen MR) is 129 cm³/mol. The molecule has 0 spiro atoms. The van der Waals surface area contributed by atoms with Gasteiger partial charge in [0.2, 0.25) is 0 Å². The average Bonchev–Trinajstić information content (AvgIpc) is 3.01. The Balaban J connectivity index is 1.59. The van der Waals surface area contributed by atoms with E-state index in [-0.39, 0.29) is 5.91 Å². The summed E-state index contributed by atoms with van der Waals surface area (Å²) in [5.74, 6) is 0.471. The highest BCUT2D eigenvalue weighted by Crippen LogP contribution is 2.37. The molecule has 0 atom stereocenters. The molecule has 1 aliphatic heterocycles. The first kappa shape index (κ1) is 20.9. The summed E-state index contributed by atoms with van der Waals surface area (Å²) in [6.45, 7) is 0.327. The molecule has 0 aliphatic carbocycles. The van der Waals surface area contributed by atoms with Crippen molar-refractivity contribution in [3.63, 3.8) is 0 Å². The number of carbonyl (C=O) groups is 1. The van der Waals surface area contributed by atoms with Crippen LogP contribution >= 0.6 is 47.2 Å². The second-order valence-corrected chi connectivity index (χ2v) is 8.93. The van der Waals surface area contributed by atoms with Gasteiger partial charge in [-0.1, -0.05) is 89.6 Å². The van der Waals surface area contributed by atoms with Crippen LogP contribution in [0, 0.1) is 0 Å². The number of anilines is 1. The molecule has 0 radical (unpaired) electrons. The maximum Gasteiger partial charge on any atom is 0.270 e. The topological polar surface area (TPSA) is 29.5 Å². The Hall–Kier alpha value is -2.31. The van der Waals surface area contributed by atoms with E-state index >= 15 is 0 Å². The van der Waals surface area contributed by atoms with Crippen LogP contribution in [0.4, 0.5) is 5.69 Å². The van der Waals surface area contributed by atoms with Gasteiger partial charge in [0, 0.05) is 21.2 Å². The number of amides is 1. The third kappa shape index (κ3) is 4.55. The minimum atomic E-state index is -0.187. The second kappa shape index (κ2) is 9.23. The molecule has 3 aromatic carbocycles. The van der Waals surface area contributed by atoms with E-state index in [9.17, 15) is 4.79 Å². The fourth-order valence-corrected chi connectivity index (χ4v) is 4.61.